The number of carbonyl (C=O) groups excluding carboxylic acids is 1. The number of hydrogen-bond donors (Lipinski definition) is 1. The minimum Gasteiger partial charge on any atom is -0.384 e. The number of carbonyl (C=O) groups is 1. The third kappa shape index (κ3) is 2.27. The number of hydrogen-bond acceptors (Lipinski definition) is 2. The standard InChI is InChI=1S/C17H18N2O/c1-12-3-6-15(7-4-12)19(2)17(20)14-5-8-16-13(11-14)9-10-18-16/h3-8,11,18H,9-10H2,1-2H3. The van der Waals surface area contributed by atoms with Gasteiger partial charge in [-0.05, 0) is 49.2 Å². The van der Waals surface area contributed by atoms with Gasteiger partial charge in [0.1, 0.15) is 0 Å². The van der Waals surface area contributed by atoms with Gasteiger partial charge in [-0.15, -0.1) is 0 Å². The maximum atomic E-state index is 12.5. The lowest BCUT2D eigenvalue weighted by atomic mass is 10.1. The summed E-state index contributed by atoms with van der Waals surface area (Å²) in [6, 6.07) is 13.9. The summed E-state index contributed by atoms with van der Waals surface area (Å²) < 4.78 is 0. The zero-order valence-electron chi connectivity index (χ0n) is 11.8. The Morgan fingerprint density at radius 3 is 2.65 bits per heavy atom. The molecule has 2 aromatic carbocycles. The van der Waals surface area contributed by atoms with Gasteiger partial charge in [0.25, 0.3) is 5.91 Å². The first-order chi connectivity index (χ1) is 9.65. The van der Waals surface area contributed by atoms with Crippen LogP contribution in [-0.4, -0.2) is 19.5 Å². The topological polar surface area (TPSA) is 32.3 Å². The maximum Gasteiger partial charge on any atom is 0.258 e. The third-order valence-electron chi connectivity index (χ3n) is 3.79. The highest BCUT2D eigenvalue weighted by atomic mass is 16.2. The van der Waals surface area contributed by atoms with E-state index in [-0.39, 0.29) is 5.91 Å². The molecule has 0 saturated carbocycles. The molecule has 0 aromatic heterocycles. The van der Waals surface area contributed by atoms with Gasteiger partial charge in [-0.3, -0.25) is 4.79 Å². The van der Waals surface area contributed by atoms with E-state index in [9.17, 15) is 4.79 Å². The molecule has 0 aliphatic carbocycles. The summed E-state index contributed by atoms with van der Waals surface area (Å²) in [6.45, 7) is 3.00. The fourth-order valence-electron chi connectivity index (χ4n) is 2.52. The lowest BCUT2D eigenvalue weighted by Crippen LogP contribution is -2.26. The summed E-state index contributed by atoms with van der Waals surface area (Å²) in [6.07, 6.45) is 0.991. The molecule has 0 saturated heterocycles. The number of nitrogens with one attached hydrogen (secondary N) is 1. The molecule has 3 rings (SSSR count). The van der Waals surface area contributed by atoms with Gasteiger partial charge in [0.05, 0.1) is 0 Å². The van der Waals surface area contributed by atoms with E-state index in [1.54, 1.807) is 4.90 Å². The molecule has 3 heteroatoms. The second-order valence-electron chi connectivity index (χ2n) is 5.25. The van der Waals surface area contributed by atoms with Crippen LogP contribution < -0.4 is 10.2 Å². The van der Waals surface area contributed by atoms with Crippen molar-refractivity contribution in [3.63, 3.8) is 0 Å². The maximum absolute atomic E-state index is 12.5. The molecule has 0 fully saturated rings. The van der Waals surface area contributed by atoms with Gasteiger partial charge in [-0.1, -0.05) is 17.7 Å². The fourth-order valence-corrected chi connectivity index (χ4v) is 2.52. The van der Waals surface area contributed by atoms with E-state index in [4.69, 9.17) is 0 Å². The fraction of sp³-hybridized carbons (Fsp3) is 0.235. The Kier molecular flexibility index (Phi) is 3.18. The molecule has 3 nitrogen and oxygen atoms in total. The van der Waals surface area contributed by atoms with Crippen molar-refractivity contribution in [3.05, 3.63) is 59.2 Å². The van der Waals surface area contributed by atoms with E-state index >= 15 is 0 Å². The quantitative estimate of drug-likeness (QED) is 0.905. The summed E-state index contributed by atoms with van der Waals surface area (Å²) in [5, 5.41) is 3.31. The van der Waals surface area contributed by atoms with E-state index in [0.29, 0.717) is 0 Å². The Labute approximate surface area is 119 Å². The summed E-state index contributed by atoms with van der Waals surface area (Å²) in [4.78, 5) is 14.2. The molecule has 0 atom stereocenters. The average Bonchev–Trinajstić information content (AvgIpc) is 2.94. The van der Waals surface area contributed by atoms with Gasteiger partial charge >= 0.3 is 0 Å². The summed E-state index contributed by atoms with van der Waals surface area (Å²) in [7, 11) is 1.82. The number of aryl methyl sites for hydroxylation is 1. The van der Waals surface area contributed by atoms with Crippen LogP contribution in [0.3, 0.4) is 0 Å². The SMILES string of the molecule is Cc1ccc(N(C)C(=O)c2ccc3c(c2)CCN3)cc1. The Bertz CT molecular complexity index is 647. The molecule has 20 heavy (non-hydrogen) atoms. The van der Waals surface area contributed by atoms with E-state index < -0.39 is 0 Å². The van der Waals surface area contributed by atoms with Crippen molar-refractivity contribution >= 4 is 17.3 Å². The van der Waals surface area contributed by atoms with Crippen LogP contribution in [0.25, 0.3) is 0 Å². The van der Waals surface area contributed by atoms with E-state index in [1.165, 1.54) is 11.1 Å². The molecule has 1 heterocycles. The molecule has 1 N–H and O–H groups in total. The zero-order chi connectivity index (χ0) is 14.1. The van der Waals surface area contributed by atoms with Crippen LogP contribution in [0.1, 0.15) is 21.5 Å². The van der Waals surface area contributed by atoms with Crippen molar-refractivity contribution < 1.29 is 4.79 Å². The van der Waals surface area contributed by atoms with Crippen LogP contribution >= 0.6 is 0 Å². The molecule has 2 aromatic rings. The minimum absolute atomic E-state index is 0.0311. The number of amides is 1. The monoisotopic (exact) mass is 266 g/mol. The van der Waals surface area contributed by atoms with Crippen molar-refractivity contribution in [2.45, 2.75) is 13.3 Å². The largest absolute Gasteiger partial charge is 0.384 e. The second kappa shape index (κ2) is 5.00. The van der Waals surface area contributed by atoms with Crippen molar-refractivity contribution in [3.8, 4) is 0 Å². The number of nitrogens with zero attached hydrogens (tertiary/aromatic N) is 1. The molecular weight excluding hydrogens is 248 g/mol. The highest BCUT2D eigenvalue weighted by Crippen LogP contribution is 2.24. The van der Waals surface area contributed by atoms with Crippen LogP contribution in [0.15, 0.2) is 42.5 Å². The Balaban J connectivity index is 1.86. The van der Waals surface area contributed by atoms with Gasteiger partial charge in [-0.25, -0.2) is 0 Å². The van der Waals surface area contributed by atoms with Gasteiger partial charge in [0.2, 0.25) is 0 Å². The number of anilines is 2. The first-order valence-corrected chi connectivity index (χ1v) is 6.87. The second-order valence-corrected chi connectivity index (χ2v) is 5.25. The lowest BCUT2D eigenvalue weighted by molar-refractivity contribution is 0.0993. The average molecular weight is 266 g/mol. The van der Waals surface area contributed by atoms with Crippen LogP contribution in [0, 0.1) is 6.92 Å². The van der Waals surface area contributed by atoms with Crippen LogP contribution in [0.5, 0.6) is 0 Å². The predicted octanol–water partition coefficient (Wildman–Crippen LogP) is 3.24. The van der Waals surface area contributed by atoms with Gasteiger partial charge in [-0.2, -0.15) is 0 Å². The number of rotatable bonds is 2. The molecule has 1 amide bonds. The zero-order valence-corrected chi connectivity index (χ0v) is 11.8. The van der Waals surface area contributed by atoms with Gasteiger partial charge in [0, 0.05) is 30.5 Å². The molecule has 0 spiro atoms. The van der Waals surface area contributed by atoms with Gasteiger partial charge < -0.3 is 10.2 Å². The highest BCUT2D eigenvalue weighted by Gasteiger charge is 2.17. The van der Waals surface area contributed by atoms with Crippen LogP contribution in [0.2, 0.25) is 0 Å². The minimum atomic E-state index is 0.0311. The Hall–Kier alpha value is -2.29. The number of fused-ring (bicyclic) bond motifs is 1. The molecule has 1 aliphatic rings. The van der Waals surface area contributed by atoms with E-state index in [0.717, 1.165) is 29.9 Å². The van der Waals surface area contributed by atoms with Gasteiger partial charge in [0.15, 0.2) is 0 Å². The van der Waals surface area contributed by atoms with Crippen molar-refractivity contribution in [2.24, 2.45) is 0 Å². The van der Waals surface area contributed by atoms with Crippen molar-refractivity contribution in [1.29, 1.82) is 0 Å². The Morgan fingerprint density at radius 1 is 1.15 bits per heavy atom. The lowest BCUT2D eigenvalue weighted by Gasteiger charge is -2.18. The van der Waals surface area contributed by atoms with Crippen molar-refractivity contribution in [1.82, 2.24) is 0 Å². The van der Waals surface area contributed by atoms with Crippen molar-refractivity contribution in [2.75, 3.05) is 23.8 Å². The van der Waals surface area contributed by atoms with E-state index in [1.807, 2.05) is 56.4 Å². The van der Waals surface area contributed by atoms with E-state index in [2.05, 4.69) is 5.32 Å². The number of benzene rings is 2. The third-order valence-corrected chi connectivity index (χ3v) is 3.79. The highest BCUT2D eigenvalue weighted by molar-refractivity contribution is 6.06. The summed E-state index contributed by atoms with van der Waals surface area (Å²) in [5.74, 6) is 0.0311. The molecule has 0 radical (unpaired) electrons. The normalized spacial score (nSPS) is 12.7. The smallest absolute Gasteiger partial charge is 0.258 e. The van der Waals surface area contributed by atoms with Crippen LogP contribution in [0.4, 0.5) is 11.4 Å². The molecule has 0 unspecified atom stereocenters. The van der Waals surface area contributed by atoms with Crippen LogP contribution in [-0.2, 0) is 6.42 Å². The molecule has 0 bridgehead atoms. The first kappa shape index (κ1) is 12.7. The molecule has 1 aliphatic heterocycles. The first-order valence-electron chi connectivity index (χ1n) is 6.87. The molecular formula is C17H18N2O. The summed E-state index contributed by atoms with van der Waals surface area (Å²) >= 11 is 0. The molecule has 102 valence electrons. The Morgan fingerprint density at radius 2 is 1.90 bits per heavy atom. The summed E-state index contributed by atoms with van der Waals surface area (Å²) in [5.41, 5.74) is 5.24. The predicted molar refractivity (Wildman–Crippen MR) is 82.5 cm³/mol.